The number of nitrogens with zero attached hydrogens (tertiary/aromatic N) is 3. The molecule has 0 radical (unpaired) electrons. The summed E-state index contributed by atoms with van der Waals surface area (Å²) in [7, 11) is 1.47. The van der Waals surface area contributed by atoms with Crippen molar-refractivity contribution in [3.63, 3.8) is 0 Å². The van der Waals surface area contributed by atoms with Gasteiger partial charge in [0.25, 0.3) is 11.6 Å². The van der Waals surface area contributed by atoms with Crippen LogP contribution in [0.1, 0.15) is 28.8 Å². The van der Waals surface area contributed by atoms with E-state index < -0.39 is 11.0 Å². The predicted octanol–water partition coefficient (Wildman–Crippen LogP) is 3.45. The van der Waals surface area contributed by atoms with Crippen molar-refractivity contribution in [3.05, 3.63) is 62.7 Å². The lowest BCUT2D eigenvalue weighted by atomic mass is 10.1. The van der Waals surface area contributed by atoms with E-state index in [4.69, 9.17) is 16.3 Å². The second-order valence-electron chi connectivity index (χ2n) is 7.31. The minimum Gasteiger partial charge on any atom is -0.496 e. The molecule has 1 unspecified atom stereocenters. The van der Waals surface area contributed by atoms with Crippen molar-refractivity contribution < 1.29 is 19.2 Å². The van der Waals surface area contributed by atoms with Gasteiger partial charge in [0.1, 0.15) is 11.8 Å². The molecule has 1 fully saturated rings. The number of hydrogen-bond acceptors (Lipinski definition) is 5. The topological polar surface area (TPSA) is 93.0 Å². The summed E-state index contributed by atoms with van der Waals surface area (Å²) in [5.74, 6) is -0.144. The molecule has 2 aromatic carbocycles. The first-order valence-electron chi connectivity index (χ1n) is 9.64. The summed E-state index contributed by atoms with van der Waals surface area (Å²) in [4.78, 5) is 40.4. The van der Waals surface area contributed by atoms with Gasteiger partial charge in [0, 0.05) is 30.2 Å². The number of carbonyl (C=O) groups excluding carboxylic acids is 2. The molecule has 4 rings (SSSR count). The second-order valence-corrected chi connectivity index (χ2v) is 7.75. The van der Waals surface area contributed by atoms with E-state index in [1.807, 2.05) is 0 Å². The minimum absolute atomic E-state index is 0.0588. The van der Waals surface area contributed by atoms with Crippen LogP contribution in [0, 0.1) is 10.1 Å². The molecule has 0 aromatic heterocycles. The molecule has 0 saturated carbocycles. The average molecular weight is 430 g/mol. The van der Waals surface area contributed by atoms with Crippen LogP contribution in [0.15, 0.2) is 36.4 Å². The number of anilines is 1. The van der Waals surface area contributed by atoms with E-state index in [0.29, 0.717) is 54.4 Å². The van der Waals surface area contributed by atoms with Crippen LogP contribution in [-0.2, 0) is 11.2 Å². The van der Waals surface area contributed by atoms with Gasteiger partial charge < -0.3 is 14.5 Å². The molecule has 0 spiro atoms. The molecule has 0 bridgehead atoms. The van der Waals surface area contributed by atoms with Crippen molar-refractivity contribution in [1.82, 2.24) is 4.90 Å². The SMILES string of the molecule is COc1ccc(Cl)cc1C(=O)N1CCCC1C(=O)N1CCc2ccc([N+](=O)[O-])cc21. The number of benzene rings is 2. The zero-order valence-corrected chi connectivity index (χ0v) is 17.1. The third-order valence-electron chi connectivity index (χ3n) is 5.63. The first kappa shape index (κ1) is 20.2. The summed E-state index contributed by atoms with van der Waals surface area (Å²) in [6.07, 6.45) is 1.86. The third kappa shape index (κ3) is 3.47. The van der Waals surface area contributed by atoms with Gasteiger partial charge >= 0.3 is 0 Å². The number of carbonyl (C=O) groups is 2. The van der Waals surface area contributed by atoms with Gasteiger partial charge in [-0.2, -0.15) is 0 Å². The fourth-order valence-corrected chi connectivity index (χ4v) is 4.33. The molecule has 2 amide bonds. The van der Waals surface area contributed by atoms with E-state index in [2.05, 4.69) is 0 Å². The van der Waals surface area contributed by atoms with Crippen LogP contribution in [0.5, 0.6) is 5.75 Å². The Labute approximate surface area is 178 Å². The number of halogens is 1. The number of rotatable bonds is 4. The van der Waals surface area contributed by atoms with Gasteiger partial charge in [0.15, 0.2) is 0 Å². The standard InChI is InChI=1S/C21H20ClN3O5/c1-30-19-7-5-14(22)11-16(19)20(26)23-9-2-3-17(23)21(27)24-10-8-13-4-6-15(25(28)29)12-18(13)24/h4-7,11-12,17H,2-3,8-10H2,1H3. The van der Waals surface area contributed by atoms with Gasteiger partial charge in [-0.1, -0.05) is 17.7 Å². The van der Waals surface area contributed by atoms with Crippen LogP contribution in [-0.4, -0.2) is 47.9 Å². The van der Waals surface area contributed by atoms with Crippen LogP contribution in [0.2, 0.25) is 5.02 Å². The number of hydrogen-bond donors (Lipinski definition) is 0. The molecule has 2 aromatic rings. The molecule has 1 saturated heterocycles. The molecule has 8 nitrogen and oxygen atoms in total. The Bertz CT molecular complexity index is 1040. The van der Waals surface area contributed by atoms with E-state index in [-0.39, 0.29) is 17.5 Å². The number of ether oxygens (including phenoxy) is 1. The second kappa shape index (κ2) is 7.95. The van der Waals surface area contributed by atoms with E-state index in [1.165, 1.54) is 25.3 Å². The Hall–Kier alpha value is -3.13. The number of methoxy groups -OCH3 is 1. The summed E-state index contributed by atoms with van der Waals surface area (Å²) >= 11 is 6.07. The molecule has 1 atom stereocenters. The molecule has 30 heavy (non-hydrogen) atoms. The molecule has 0 N–H and O–H groups in total. The van der Waals surface area contributed by atoms with Crippen molar-refractivity contribution in [3.8, 4) is 5.75 Å². The summed E-state index contributed by atoms with van der Waals surface area (Å²) in [5, 5.41) is 11.6. The number of non-ortho nitro benzene ring substituents is 1. The molecule has 156 valence electrons. The van der Waals surface area contributed by atoms with Crippen molar-refractivity contribution in [2.24, 2.45) is 0 Å². The van der Waals surface area contributed by atoms with Crippen molar-refractivity contribution >= 4 is 34.8 Å². The Kier molecular flexibility index (Phi) is 5.34. The zero-order valence-electron chi connectivity index (χ0n) is 16.3. The Morgan fingerprint density at radius 1 is 1.20 bits per heavy atom. The fourth-order valence-electron chi connectivity index (χ4n) is 4.16. The minimum atomic E-state index is -0.633. The van der Waals surface area contributed by atoms with Crippen LogP contribution in [0.3, 0.4) is 0 Å². The summed E-state index contributed by atoms with van der Waals surface area (Å²) in [6, 6.07) is 8.74. The summed E-state index contributed by atoms with van der Waals surface area (Å²) in [5.41, 5.74) is 1.69. The van der Waals surface area contributed by atoms with Gasteiger partial charge in [-0.25, -0.2) is 0 Å². The van der Waals surface area contributed by atoms with Gasteiger partial charge in [-0.05, 0) is 43.0 Å². The van der Waals surface area contributed by atoms with Crippen molar-refractivity contribution in [1.29, 1.82) is 0 Å². The average Bonchev–Trinajstić information content (AvgIpc) is 3.39. The lowest BCUT2D eigenvalue weighted by molar-refractivity contribution is -0.384. The molecule has 2 aliphatic rings. The fraction of sp³-hybridized carbons (Fsp3) is 0.333. The maximum atomic E-state index is 13.4. The summed E-state index contributed by atoms with van der Waals surface area (Å²) < 4.78 is 5.29. The molecule has 2 heterocycles. The molecule has 2 aliphatic heterocycles. The smallest absolute Gasteiger partial charge is 0.271 e. The third-order valence-corrected chi connectivity index (χ3v) is 5.87. The largest absolute Gasteiger partial charge is 0.496 e. The van der Waals surface area contributed by atoms with Gasteiger partial charge in [-0.3, -0.25) is 19.7 Å². The first-order chi connectivity index (χ1) is 14.4. The first-order valence-corrected chi connectivity index (χ1v) is 10.0. The maximum absolute atomic E-state index is 13.4. The molecule has 9 heteroatoms. The Morgan fingerprint density at radius 3 is 2.73 bits per heavy atom. The van der Waals surface area contributed by atoms with Crippen molar-refractivity contribution in [2.75, 3.05) is 25.1 Å². The lowest BCUT2D eigenvalue weighted by Crippen LogP contribution is -2.47. The molecule has 0 aliphatic carbocycles. The van der Waals surface area contributed by atoms with E-state index in [1.54, 1.807) is 28.0 Å². The number of nitro benzene ring substituents is 1. The van der Waals surface area contributed by atoms with Gasteiger partial charge in [-0.15, -0.1) is 0 Å². The quantitative estimate of drug-likeness (QED) is 0.548. The lowest BCUT2D eigenvalue weighted by Gasteiger charge is -2.28. The predicted molar refractivity (Wildman–Crippen MR) is 111 cm³/mol. The Balaban J connectivity index is 1.62. The van der Waals surface area contributed by atoms with Crippen molar-refractivity contribution in [2.45, 2.75) is 25.3 Å². The van der Waals surface area contributed by atoms with Crippen LogP contribution in [0.4, 0.5) is 11.4 Å². The zero-order chi connectivity index (χ0) is 21.4. The van der Waals surface area contributed by atoms with E-state index in [9.17, 15) is 19.7 Å². The summed E-state index contributed by atoms with van der Waals surface area (Å²) in [6.45, 7) is 0.884. The highest BCUT2D eigenvalue weighted by molar-refractivity contribution is 6.31. The maximum Gasteiger partial charge on any atom is 0.271 e. The Morgan fingerprint density at radius 2 is 2.00 bits per heavy atom. The highest BCUT2D eigenvalue weighted by Crippen LogP contribution is 2.34. The van der Waals surface area contributed by atoms with Gasteiger partial charge in [0.2, 0.25) is 5.91 Å². The van der Waals surface area contributed by atoms with Crippen LogP contribution in [0.25, 0.3) is 0 Å². The van der Waals surface area contributed by atoms with E-state index >= 15 is 0 Å². The number of fused-ring (bicyclic) bond motifs is 1. The number of nitro groups is 1. The van der Waals surface area contributed by atoms with Gasteiger partial charge in [0.05, 0.1) is 23.3 Å². The number of likely N-dealkylation sites (tertiary alicyclic amines) is 1. The van der Waals surface area contributed by atoms with Crippen LogP contribution >= 0.6 is 11.6 Å². The van der Waals surface area contributed by atoms with E-state index in [0.717, 1.165) is 5.56 Å². The highest BCUT2D eigenvalue weighted by Gasteiger charge is 2.40. The molecular formula is C21H20ClN3O5. The normalized spacial score (nSPS) is 17.7. The highest BCUT2D eigenvalue weighted by atomic mass is 35.5. The number of amides is 2. The monoisotopic (exact) mass is 429 g/mol. The van der Waals surface area contributed by atoms with Crippen LogP contribution < -0.4 is 9.64 Å². The molecular weight excluding hydrogens is 410 g/mol.